The Hall–Kier alpha value is -1.03. The first-order chi connectivity index (χ1) is 8.27. The Morgan fingerprint density at radius 3 is 2.16 bits per heavy atom. The maximum atomic E-state index is 11.8. The second kappa shape index (κ2) is 8.97. The number of nitrogens with zero attached hydrogens (tertiary/aromatic N) is 1. The van der Waals surface area contributed by atoms with E-state index >= 15 is 0 Å². The molecule has 0 aliphatic carbocycles. The van der Waals surface area contributed by atoms with Gasteiger partial charge < -0.3 is 10.4 Å². The van der Waals surface area contributed by atoms with E-state index in [4.69, 9.17) is 0 Å². The Morgan fingerprint density at radius 1 is 0.947 bits per heavy atom. The van der Waals surface area contributed by atoms with Crippen molar-refractivity contribution in [1.82, 2.24) is 0 Å². The Morgan fingerprint density at radius 2 is 1.53 bits per heavy atom. The predicted molar refractivity (Wildman–Crippen MR) is 68.1 cm³/mol. The fourth-order valence-corrected chi connectivity index (χ4v) is 1.56. The van der Waals surface area contributed by atoms with E-state index in [9.17, 15) is 5.11 Å². The maximum Gasteiger partial charge on any atom is 1.00 e. The van der Waals surface area contributed by atoms with E-state index in [1.807, 2.05) is 48.5 Å². The molecule has 0 heterocycles. The molecule has 0 aromatic heterocycles. The summed E-state index contributed by atoms with van der Waals surface area (Å²) in [6.07, 6.45) is 0. The molecular weight excluding hydrogens is 224 g/mol. The van der Waals surface area contributed by atoms with Gasteiger partial charge in [-0.2, -0.15) is 0 Å². The number of benzene rings is 2. The van der Waals surface area contributed by atoms with Crippen molar-refractivity contribution < 1.29 is 42.8 Å². The van der Waals surface area contributed by atoms with Crippen LogP contribution in [-0.4, -0.2) is 0 Å². The minimum Gasteiger partial charge on any atom is -0.889 e. The largest absolute Gasteiger partial charge is 1.00 e. The Kier molecular flexibility index (Phi) is 8.49. The van der Waals surface area contributed by atoms with Crippen LogP contribution in [0.3, 0.4) is 0 Å². The smallest absolute Gasteiger partial charge is 0.889 e. The summed E-state index contributed by atoms with van der Waals surface area (Å²) in [5.74, 6) is -0.209. The molecule has 0 fully saturated rings. The third-order valence-electron chi connectivity index (χ3n) is 2.50. The van der Waals surface area contributed by atoms with E-state index in [0.29, 0.717) is 17.0 Å². The van der Waals surface area contributed by atoms with Crippen LogP contribution in [0.1, 0.15) is 5.56 Å². The summed E-state index contributed by atoms with van der Waals surface area (Å²) in [6.45, 7) is 4.23. The first-order valence-corrected chi connectivity index (χ1v) is 5.44. The van der Waals surface area contributed by atoms with E-state index in [1.54, 1.807) is 6.07 Å². The van der Waals surface area contributed by atoms with Gasteiger partial charge in [0.1, 0.15) is 0 Å². The Balaban J connectivity index is 0.00000162. The van der Waals surface area contributed by atoms with E-state index in [2.05, 4.69) is 11.9 Å². The minimum absolute atomic E-state index is 0. The average Bonchev–Trinajstić information content (AvgIpc) is 2.38. The quantitative estimate of drug-likeness (QED) is 0.493. The first-order valence-electron chi connectivity index (χ1n) is 5.44. The van der Waals surface area contributed by atoms with Gasteiger partial charge in [-0.25, -0.2) is 5.88 Å². The molecule has 0 aliphatic heterocycles. The van der Waals surface area contributed by atoms with Gasteiger partial charge in [0, 0.05) is 0 Å². The maximum absolute atomic E-state index is 11.8. The zero-order valence-electron chi connectivity index (χ0n) is 11.5. The molecule has 86 valence electrons. The van der Waals surface area contributed by atoms with Gasteiger partial charge in [-0.1, -0.05) is 66.7 Å². The van der Waals surface area contributed by atoms with Crippen molar-refractivity contribution in [2.45, 2.75) is 6.54 Å². The van der Waals surface area contributed by atoms with Crippen LogP contribution in [0.4, 0.5) is 0 Å². The van der Waals surface area contributed by atoms with Crippen molar-refractivity contribution in [2.24, 2.45) is 0 Å². The number of hydrogen-bond acceptors (Lipinski definition) is 1. The fraction of sp³-hybridized carbons (Fsp3) is 0.0667. The molecule has 0 spiro atoms. The number of rotatable bonds is 3. The van der Waals surface area contributed by atoms with Crippen molar-refractivity contribution in [1.29, 1.82) is 0 Å². The molecule has 19 heavy (non-hydrogen) atoms. The van der Waals surface area contributed by atoms with E-state index < -0.39 is 0 Å². The molecule has 0 bridgehead atoms. The van der Waals surface area contributed by atoms with Crippen LogP contribution in [0.15, 0.2) is 54.6 Å². The van der Waals surface area contributed by atoms with Gasteiger partial charge in [-0.3, -0.25) is 0 Å². The monoisotopic (exact) mass is 237 g/mol. The van der Waals surface area contributed by atoms with Crippen LogP contribution >= 0.6 is 0 Å². The molecule has 0 amide bonds. The number of hydrogen-bond donors (Lipinski definition) is 0. The summed E-state index contributed by atoms with van der Waals surface area (Å²) in [7, 11) is 0. The van der Waals surface area contributed by atoms with Crippen molar-refractivity contribution >= 4 is 12.5 Å². The topological polar surface area (TPSA) is 37.2 Å². The van der Waals surface area contributed by atoms with Crippen LogP contribution in [0.25, 0.3) is 17.8 Å². The third kappa shape index (κ3) is 5.23. The van der Waals surface area contributed by atoms with Crippen LogP contribution in [0.2, 0.25) is 0 Å². The molecule has 0 unspecified atom stereocenters. The van der Waals surface area contributed by atoms with Gasteiger partial charge in [0.25, 0.3) is 0 Å². The summed E-state index contributed by atoms with van der Waals surface area (Å²) in [5.41, 5.74) is 1.03. The van der Waals surface area contributed by atoms with Crippen LogP contribution in [0.5, 0.6) is 0 Å². The van der Waals surface area contributed by atoms with E-state index in [0.717, 1.165) is 5.56 Å². The second-order valence-electron chi connectivity index (χ2n) is 3.76. The van der Waals surface area contributed by atoms with Gasteiger partial charge in [0.05, 0.1) is 0 Å². The third-order valence-corrected chi connectivity index (χ3v) is 2.50. The Labute approximate surface area is 137 Å². The summed E-state index contributed by atoms with van der Waals surface area (Å²) in [6, 6.07) is 17.0. The van der Waals surface area contributed by atoms with E-state index in [1.165, 1.54) is 0 Å². The molecule has 0 saturated heterocycles. The van der Waals surface area contributed by atoms with Crippen LogP contribution in [0, 0.1) is 0 Å². The second-order valence-corrected chi connectivity index (χ2v) is 3.76. The fourth-order valence-electron chi connectivity index (χ4n) is 1.56. The van der Waals surface area contributed by atoms with Gasteiger partial charge in [0.15, 0.2) is 0 Å². The standard InChI is InChI=1S/C15H14NO.2Li/c1-12-7-5-6-10-14(12)15(17)16-11-13-8-3-2-4-9-13;;/h2-10,17H,1,11H2;;/q-1;2*+1/p-1/b15-14-;;. The zero-order chi connectivity index (χ0) is 12.1. The molecule has 0 radical (unpaired) electrons. The molecule has 2 aromatic carbocycles. The molecule has 4 heteroatoms. The average molecular weight is 237 g/mol. The molecule has 0 saturated carbocycles. The molecule has 0 aliphatic rings. The SMILES string of the molecule is C=c1cccc/c1=C(/[O-])[N-]Cc1ccccc1.[Li+].[Li+]. The summed E-state index contributed by atoms with van der Waals surface area (Å²) in [5, 5.41) is 17.2. The molecule has 0 atom stereocenters. The van der Waals surface area contributed by atoms with Gasteiger partial charge >= 0.3 is 37.7 Å². The Bertz CT molecular complexity index is 599. The molecular formula is C15H13Li2NO. The van der Waals surface area contributed by atoms with Crippen LogP contribution in [-0.2, 0) is 6.54 Å². The van der Waals surface area contributed by atoms with E-state index in [-0.39, 0.29) is 43.6 Å². The van der Waals surface area contributed by atoms with Gasteiger partial charge in [-0.05, 0) is 10.4 Å². The molecule has 2 aromatic rings. The van der Waals surface area contributed by atoms with Crippen LogP contribution < -0.4 is 53.3 Å². The van der Waals surface area contributed by atoms with Crippen molar-refractivity contribution in [2.75, 3.05) is 0 Å². The van der Waals surface area contributed by atoms with Gasteiger partial charge in [-0.15, -0.1) is 6.54 Å². The normalized spacial score (nSPS) is 10.7. The predicted octanol–water partition coefficient (Wildman–Crippen LogP) is -4.90. The van der Waals surface area contributed by atoms with Crippen molar-refractivity contribution in [3.05, 3.63) is 75.9 Å². The summed E-state index contributed by atoms with van der Waals surface area (Å²) < 4.78 is 0. The summed E-state index contributed by atoms with van der Waals surface area (Å²) >= 11 is 0. The molecule has 2 nitrogen and oxygen atoms in total. The molecule has 0 N–H and O–H groups in total. The molecule has 2 rings (SSSR count). The minimum atomic E-state index is -0.209. The van der Waals surface area contributed by atoms with Crippen molar-refractivity contribution in [3.8, 4) is 0 Å². The van der Waals surface area contributed by atoms with Gasteiger partial charge in [0.2, 0.25) is 0 Å². The summed E-state index contributed by atoms with van der Waals surface area (Å²) in [4.78, 5) is 0. The van der Waals surface area contributed by atoms with Crippen molar-refractivity contribution in [3.63, 3.8) is 0 Å². The first kappa shape index (κ1) is 18.0. The zero-order valence-corrected chi connectivity index (χ0v) is 11.5.